The summed E-state index contributed by atoms with van der Waals surface area (Å²) >= 11 is 7.74. The molecule has 0 heterocycles. The van der Waals surface area contributed by atoms with E-state index < -0.39 is 6.10 Å². The van der Waals surface area contributed by atoms with Gasteiger partial charge in [-0.15, -0.1) is 11.8 Å². The molecule has 0 aliphatic heterocycles. The summed E-state index contributed by atoms with van der Waals surface area (Å²) in [5, 5.41) is 15.4. The number of thioether (sulfide) groups is 1. The van der Waals surface area contributed by atoms with Gasteiger partial charge in [0.2, 0.25) is 5.91 Å². The van der Waals surface area contributed by atoms with Crippen LogP contribution in [0.1, 0.15) is 20.3 Å². The Hall–Kier alpha value is -1.23. The molecule has 0 spiro atoms. The summed E-state index contributed by atoms with van der Waals surface area (Å²) in [6.07, 6.45) is 0.390. The second kappa shape index (κ2) is 8.57. The fourth-order valence-electron chi connectivity index (χ4n) is 2.27. The third-order valence-electron chi connectivity index (χ3n) is 3.98. The lowest BCUT2D eigenvalue weighted by atomic mass is 10.0. The molecule has 0 fully saturated rings. The van der Waals surface area contributed by atoms with Crippen molar-refractivity contribution in [3.8, 4) is 0 Å². The number of benzene rings is 2. The van der Waals surface area contributed by atoms with Gasteiger partial charge in [0, 0.05) is 21.8 Å². The summed E-state index contributed by atoms with van der Waals surface area (Å²) in [6.45, 7) is 4.30. The van der Waals surface area contributed by atoms with E-state index in [1.54, 1.807) is 0 Å². The zero-order chi connectivity index (χ0) is 16.8. The molecule has 2 atom stereocenters. The Labute approximate surface area is 146 Å². The van der Waals surface area contributed by atoms with Crippen LogP contribution in [0.5, 0.6) is 0 Å². The van der Waals surface area contributed by atoms with Crippen molar-refractivity contribution >= 4 is 40.0 Å². The SMILES string of the molecule is CCC(C)C(O)CNC(=O)CSc1cccc2cccc(Cl)c12. The standard InChI is InChI=1S/C18H22ClNO2S/c1-3-12(2)15(21)10-20-17(22)11-23-16-9-5-7-13-6-4-8-14(19)18(13)16/h4-9,12,15,21H,3,10-11H2,1-2H3,(H,20,22). The molecule has 0 bridgehead atoms. The van der Waals surface area contributed by atoms with Crippen LogP contribution in [0.4, 0.5) is 0 Å². The van der Waals surface area contributed by atoms with Crippen molar-refractivity contribution in [2.45, 2.75) is 31.3 Å². The van der Waals surface area contributed by atoms with E-state index in [1.807, 2.05) is 50.2 Å². The number of carbonyl (C=O) groups is 1. The zero-order valence-electron chi connectivity index (χ0n) is 13.4. The highest BCUT2D eigenvalue weighted by Gasteiger charge is 2.14. The maximum absolute atomic E-state index is 12.0. The van der Waals surface area contributed by atoms with Crippen LogP contribution in [-0.4, -0.2) is 29.4 Å². The quantitative estimate of drug-likeness (QED) is 0.738. The fraction of sp³-hybridized carbons (Fsp3) is 0.389. The van der Waals surface area contributed by atoms with Crippen molar-refractivity contribution in [2.24, 2.45) is 5.92 Å². The van der Waals surface area contributed by atoms with Crippen LogP contribution in [0.15, 0.2) is 41.3 Å². The van der Waals surface area contributed by atoms with E-state index in [2.05, 4.69) is 5.32 Å². The van der Waals surface area contributed by atoms with E-state index >= 15 is 0 Å². The third-order valence-corrected chi connectivity index (χ3v) is 5.36. The number of aliphatic hydroxyl groups is 1. The second-order valence-electron chi connectivity index (χ2n) is 5.64. The average Bonchev–Trinajstić information content (AvgIpc) is 2.57. The highest BCUT2D eigenvalue weighted by atomic mass is 35.5. The van der Waals surface area contributed by atoms with E-state index in [0.717, 1.165) is 22.1 Å². The Morgan fingerprint density at radius 3 is 2.70 bits per heavy atom. The van der Waals surface area contributed by atoms with Crippen molar-refractivity contribution in [1.82, 2.24) is 5.32 Å². The van der Waals surface area contributed by atoms with Crippen molar-refractivity contribution in [1.29, 1.82) is 0 Å². The lowest BCUT2D eigenvalue weighted by Crippen LogP contribution is -2.36. The molecule has 2 unspecified atom stereocenters. The van der Waals surface area contributed by atoms with Gasteiger partial charge in [0.15, 0.2) is 0 Å². The summed E-state index contributed by atoms with van der Waals surface area (Å²) < 4.78 is 0. The monoisotopic (exact) mass is 351 g/mol. The van der Waals surface area contributed by atoms with Crippen LogP contribution < -0.4 is 5.32 Å². The number of amides is 1. The minimum Gasteiger partial charge on any atom is -0.391 e. The first kappa shape index (κ1) is 18.1. The highest BCUT2D eigenvalue weighted by molar-refractivity contribution is 8.00. The molecule has 124 valence electrons. The molecule has 23 heavy (non-hydrogen) atoms. The summed E-state index contributed by atoms with van der Waals surface area (Å²) in [5.74, 6) is 0.402. The van der Waals surface area contributed by atoms with Crippen LogP contribution >= 0.6 is 23.4 Å². The Bertz CT molecular complexity index is 672. The number of halogens is 1. The molecule has 0 saturated heterocycles. The van der Waals surface area contributed by atoms with Gasteiger partial charge in [-0.25, -0.2) is 0 Å². The molecule has 0 aliphatic rings. The molecule has 0 radical (unpaired) electrons. The number of rotatable bonds is 7. The van der Waals surface area contributed by atoms with E-state index in [0.29, 0.717) is 17.3 Å². The first-order valence-corrected chi connectivity index (χ1v) is 9.14. The van der Waals surface area contributed by atoms with Crippen LogP contribution in [-0.2, 0) is 4.79 Å². The molecule has 2 rings (SSSR count). The number of fused-ring (bicyclic) bond motifs is 1. The largest absolute Gasteiger partial charge is 0.391 e. The summed E-state index contributed by atoms with van der Waals surface area (Å²) in [4.78, 5) is 13.0. The Morgan fingerprint density at radius 1 is 1.30 bits per heavy atom. The number of hydrogen-bond donors (Lipinski definition) is 2. The van der Waals surface area contributed by atoms with Gasteiger partial charge in [0.1, 0.15) is 0 Å². The van der Waals surface area contributed by atoms with Gasteiger partial charge < -0.3 is 10.4 Å². The van der Waals surface area contributed by atoms with E-state index in [1.165, 1.54) is 11.8 Å². The lowest BCUT2D eigenvalue weighted by molar-refractivity contribution is -0.119. The van der Waals surface area contributed by atoms with Crippen LogP contribution in [0.25, 0.3) is 10.8 Å². The van der Waals surface area contributed by atoms with Crippen molar-refractivity contribution < 1.29 is 9.90 Å². The molecule has 2 N–H and O–H groups in total. The molecule has 1 amide bonds. The molecular weight excluding hydrogens is 330 g/mol. The lowest BCUT2D eigenvalue weighted by Gasteiger charge is -2.17. The summed E-state index contributed by atoms with van der Waals surface area (Å²) in [7, 11) is 0. The smallest absolute Gasteiger partial charge is 0.230 e. The molecule has 5 heteroatoms. The number of hydrogen-bond acceptors (Lipinski definition) is 3. The molecular formula is C18H22ClNO2S. The summed E-state index contributed by atoms with van der Waals surface area (Å²) in [5.41, 5.74) is 0. The van der Waals surface area contributed by atoms with Crippen LogP contribution in [0, 0.1) is 5.92 Å². The van der Waals surface area contributed by atoms with Crippen molar-refractivity contribution in [3.63, 3.8) is 0 Å². The molecule has 2 aromatic rings. The molecule has 2 aromatic carbocycles. The maximum Gasteiger partial charge on any atom is 0.230 e. The Kier molecular flexibility index (Phi) is 6.75. The number of aliphatic hydroxyl groups excluding tert-OH is 1. The van der Waals surface area contributed by atoms with Gasteiger partial charge >= 0.3 is 0 Å². The topological polar surface area (TPSA) is 49.3 Å². The van der Waals surface area contributed by atoms with Gasteiger partial charge in [-0.3, -0.25) is 4.79 Å². The second-order valence-corrected chi connectivity index (χ2v) is 7.06. The zero-order valence-corrected chi connectivity index (χ0v) is 15.0. The van der Waals surface area contributed by atoms with Gasteiger partial charge in [0.05, 0.1) is 11.9 Å². The van der Waals surface area contributed by atoms with Crippen molar-refractivity contribution in [2.75, 3.05) is 12.3 Å². The first-order chi connectivity index (χ1) is 11.0. The predicted molar refractivity (Wildman–Crippen MR) is 98.2 cm³/mol. The minimum atomic E-state index is -0.499. The first-order valence-electron chi connectivity index (χ1n) is 7.77. The number of carbonyl (C=O) groups excluding carboxylic acids is 1. The highest BCUT2D eigenvalue weighted by Crippen LogP contribution is 2.33. The van der Waals surface area contributed by atoms with E-state index in [9.17, 15) is 9.90 Å². The molecule has 0 saturated carbocycles. The molecule has 0 aromatic heterocycles. The Balaban J connectivity index is 1.95. The average molecular weight is 352 g/mol. The van der Waals surface area contributed by atoms with Gasteiger partial charge in [-0.05, 0) is 23.4 Å². The number of nitrogens with one attached hydrogen (secondary N) is 1. The van der Waals surface area contributed by atoms with Crippen LogP contribution in [0.2, 0.25) is 5.02 Å². The predicted octanol–water partition coefficient (Wildman–Crippen LogP) is 4.11. The molecule has 3 nitrogen and oxygen atoms in total. The van der Waals surface area contributed by atoms with Gasteiger partial charge in [-0.2, -0.15) is 0 Å². The normalized spacial score (nSPS) is 13.7. The fourth-order valence-corrected chi connectivity index (χ4v) is 3.54. The van der Waals surface area contributed by atoms with Crippen molar-refractivity contribution in [3.05, 3.63) is 41.4 Å². The Morgan fingerprint density at radius 2 is 2.00 bits per heavy atom. The minimum absolute atomic E-state index is 0.0820. The third kappa shape index (κ3) is 4.87. The summed E-state index contributed by atoms with van der Waals surface area (Å²) in [6, 6.07) is 11.7. The maximum atomic E-state index is 12.0. The molecule has 0 aliphatic carbocycles. The van der Waals surface area contributed by atoms with E-state index in [-0.39, 0.29) is 11.8 Å². The van der Waals surface area contributed by atoms with E-state index in [4.69, 9.17) is 11.6 Å². The van der Waals surface area contributed by atoms with Gasteiger partial charge in [-0.1, -0.05) is 56.1 Å². The van der Waals surface area contributed by atoms with Gasteiger partial charge in [0.25, 0.3) is 0 Å². The van der Waals surface area contributed by atoms with Crippen LogP contribution in [0.3, 0.4) is 0 Å².